The number of halogens is 3. The van der Waals surface area contributed by atoms with E-state index in [-0.39, 0.29) is 12.0 Å². The molecule has 1 aromatic rings. The molecule has 0 aliphatic heterocycles. The summed E-state index contributed by atoms with van der Waals surface area (Å²) in [5.41, 5.74) is -0.629. The van der Waals surface area contributed by atoms with Crippen LogP contribution in [-0.4, -0.2) is 34.1 Å². The third-order valence-corrected chi connectivity index (χ3v) is 2.66. The molecule has 0 radical (unpaired) electrons. The van der Waals surface area contributed by atoms with Crippen LogP contribution in [0.4, 0.5) is 13.2 Å². The predicted octanol–water partition coefficient (Wildman–Crippen LogP) is 1.29. The molecule has 9 heteroatoms. The second-order valence-electron chi connectivity index (χ2n) is 4.43. The van der Waals surface area contributed by atoms with Gasteiger partial charge in [0, 0.05) is 0 Å². The van der Waals surface area contributed by atoms with E-state index in [1.807, 2.05) is 5.32 Å². The summed E-state index contributed by atoms with van der Waals surface area (Å²) in [6.07, 6.45) is -5.65. The summed E-state index contributed by atoms with van der Waals surface area (Å²) in [6.45, 7) is 0. The Morgan fingerprint density at radius 3 is 2.05 bits per heavy atom. The normalized spacial score (nSPS) is 12.5. The van der Waals surface area contributed by atoms with E-state index in [1.54, 1.807) is 0 Å². The molecule has 1 aromatic carbocycles. The van der Waals surface area contributed by atoms with Crippen molar-refractivity contribution in [1.82, 2.24) is 5.32 Å². The van der Waals surface area contributed by atoms with Crippen molar-refractivity contribution >= 4 is 17.8 Å². The Hall–Kier alpha value is -2.58. The number of benzene rings is 1. The number of carbonyl (C=O) groups excluding carboxylic acids is 1. The molecule has 22 heavy (non-hydrogen) atoms. The fourth-order valence-electron chi connectivity index (χ4n) is 1.62. The number of nitrogens with one attached hydrogen (secondary N) is 1. The topological polar surface area (TPSA) is 104 Å². The lowest BCUT2D eigenvalue weighted by atomic mass is 10.1. The van der Waals surface area contributed by atoms with Crippen LogP contribution in [0, 0.1) is 0 Å². The molecular formula is C13H12F3NO5. The van der Waals surface area contributed by atoms with E-state index >= 15 is 0 Å². The third kappa shape index (κ3) is 5.43. The molecule has 0 spiro atoms. The molecule has 0 aromatic heterocycles. The molecule has 0 unspecified atom stereocenters. The minimum absolute atomic E-state index is 0.241. The molecule has 1 amide bonds. The molecule has 0 saturated carbocycles. The lowest BCUT2D eigenvalue weighted by Gasteiger charge is -2.12. The second kappa shape index (κ2) is 6.92. The summed E-state index contributed by atoms with van der Waals surface area (Å²) in [5.74, 6) is -3.71. The van der Waals surface area contributed by atoms with Crippen LogP contribution in [-0.2, 0) is 27.0 Å². The Kier molecular flexibility index (Phi) is 5.50. The standard InChI is InChI=1S/C13H12F3NO5/c14-13(15,16)8-3-1-7(2-4-8)5-10(18)17-9(12(21)22)6-11(19)20/h1-4,9H,5-6H2,(H,17,18)(H,19,20)(H,21,22)/t9-/m1/s1. The van der Waals surface area contributed by atoms with Crippen molar-refractivity contribution in [2.24, 2.45) is 0 Å². The molecular weight excluding hydrogens is 307 g/mol. The first-order chi connectivity index (χ1) is 10.1. The van der Waals surface area contributed by atoms with Crippen LogP contribution in [0.1, 0.15) is 17.5 Å². The zero-order valence-corrected chi connectivity index (χ0v) is 11.1. The van der Waals surface area contributed by atoms with E-state index in [9.17, 15) is 27.6 Å². The maximum absolute atomic E-state index is 12.4. The van der Waals surface area contributed by atoms with Crippen molar-refractivity contribution in [2.45, 2.75) is 25.1 Å². The van der Waals surface area contributed by atoms with Gasteiger partial charge in [0.2, 0.25) is 5.91 Å². The number of amides is 1. The van der Waals surface area contributed by atoms with E-state index in [4.69, 9.17) is 10.2 Å². The van der Waals surface area contributed by atoms with Crippen molar-refractivity contribution in [3.8, 4) is 0 Å². The van der Waals surface area contributed by atoms with Crippen LogP contribution >= 0.6 is 0 Å². The number of carboxylic acids is 2. The minimum Gasteiger partial charge on any atom is -0.481 e. The first-order valence-electron chi connectivity index (χ1n) is 5.99. The summed E-state index contributed by atoms with van der Waals surface area (Å²) < 4.78 is 37.1. The average molecular weight is 319 g/mol. The van der Waals surface area contributed by atoms with Crippen LogP contribution in [0.3, 0.4) is 0 Å². The smallest absolute Gasteiger partial charge is 0.416 e. The number of hydrogen-bond donors (Lipinski definition) is 3. The fourth-order valence-corrected chi connectivity index (χ4v) is 1.62. The molecule has 0 aliphatic carbocycles. The Balaban J connectivity index is 2.68. The predicted molar refractivity (Wildman–Crippen MR) is 67.0 cm³/mol. The lowest BCUT2D eigenvalue weighted by Crippen LogP contribution is -2.42. The molecule has 3 N–H and O–H groups in total. The number of alkyl halides is 3. The second-order valence-corrected chi connectivity index (χ2v) is 4.43. The summed E-state index contributed by atoms with van der Waals surface area (Å²) >= 11 is 0. The highest BCUT2D eigenvalue weighted by Gasteiger charge is 2.30. The number of carbonyl (C=O) groups is 3. The molecule has 6 nitrogen and oxygen atoms in total. The summed E-state index contributed by atoms with van der Waals surface area (Å²) in [5, 5.41) is 19.3. The maximum atomic E-state index is 12.4. The van der Waals surface area contributed by atoms with Crippen LogP contribution in [0.2, 0.25) is 0 Å². The molecule has 0 bridgehead atoms. The Morgan fingerprint density at radius 1 is 1.09 bits per heavy atom. The van der Waals surface area contributed by atoms with Crippen molar-refractivity contribution in [3.63, 3.8) is 0 Å². The summed E-state index contributed by atoms with van der Waals surface area (Å²) in [4.78, 5) is 32.8. The molecule has 0 aliphatic rings. The maximum Gasteiger partial charge on any atom is 0.416 e. The molecule has 1 atom stereocenters. The molecule has 0 saturated heterocycles. The zero-order chi connectivity index (χ0) is 16.9. The quantitative estimate of drug-likeness (QED) is 0.733. The highest BCUT2D eigenvalue weighted by molar-refractivity contribution is 5.87. The van der Waals surface area contributed by atoms with E-state index in [0.717, 1.165) is 24.3 Å². The van der Waals surface area contributed by atoms with Gasteiger partial charge in [-0.05, 0) is 17.7 Å². The van der Waals surface area contributed by atoms with Gasteiger partial charge < -0.3 is 15.5 Å². The van der Waals surface area contributed by atoms with Gasteiger partial charge in [-0.1, -0.05) is 12.1 Å². The van der Waals surface area contributed by atoms with Crippen LogP contribution in [0.25, 0.3) is 0 Å². The van der Waals surface area contributed by atoms with Gasteiger partial charge in [0.25, 0.3) is 0 Å². The van der Waals surface area contributed by atoms with Gasteiger partial charge in [0.05, 0.1) is 18.4 Å². The third-order valence-electron chi connectivity index (χ3n) is 2.66. The minimum atomic E-state index is -4.49. The fraction of sp³-hybridized carbons (Fsp3) is 0.308. The number of hydrogen-bond acceptors (Lipinski definition) is 3. The van der Waals surface area contributed by atoms with Crippen LogP contribution in [0.15, 0.2) is 24.3 Å². The van der Waals surface area contributed by atoms with Crippen molar-refractivity contribution in [3.05, 3.63) is 35.4 Å². The van der Waals surface area contributed by atoms with E-state index < -0.39 is 42.0 Å². The molecule has 0 fully saturated rings. The zero-order valence-electron chi connectivity index (χ0n) is 11.1. The largest absolute Gasteiger partial charge is 0.481 e. The van der Waals surface area contributed by atoms with Gasteiger partial charge in [-0.15, -0.1) is 0 Å². The highest BCUT2D eigenvalue weighted by atomic mass is 19.4. The lowest BCUT2D eigenvalue weighted by molar-refractivity contribution is -0.147. The monoisotopic (exact) mass is 319 g/mol. The van der Waals surface area contributed by atoms with E-state index in [1.165, 1.54) is 0 Å². The van der Waals surface area contributed by atoms with Gasteiger partial charge in [0.1, 0.15) is 6.04 Å². The first-order valence-corrected chi connectivity index (χ1v) is 5.99. The average Bonchev–Trinajstić information content (AvgIpc) is 2.36. The SMILES string of the molecule is O=C(O)C[C@@H](NC(=O)Cc1ccc(C(F)(F)F)cc1)C(=O)O. The van der Waals surface area contributed by atoms with Gasteiger partial charge in [0.15, 0.2) is 0 Å². The highest BCUT2D eigenvalue weighted by Crippen LogP contribution is 2.29. The molecule has 120 valence electrons. The van der Waals surface area contributed by atoms with Crippen LogP contribution in [0.5, 0.6) is 0 Å². The van der Waals surface area contributed by atoms with E-state index in [0.29, 0.717) is 0 Å². The van der Waals surface area contributed by atoms with Crippen molar-refractivity contribution in [2.75, 3.05) is 0 Å². The Labute approximate surface area is 122 Å². The van der Waals surface area contributed by atoms with Gasteiger partial charge in [-0.2, -0.15) is 13.2 Å². The number of aliphatic carboxylic acids is 2. The number of carboxylic acid groups (broad SMARTS) is 2. The number of rotatable bonds is 6. The van der Waals surface area contributed by atoms with Crippen LogP contribution < -0.4 is 5.32 Å². The Morgan fingerprint density at radius 2 is 1.64 bits per heavy atom. The molecule has 0 heterocycles. The summed E-state index contributed by atoms with van der Waals surface area (Å²) in [6, 6.07) is 2.19. The first kappa shape index (κ1) is 17.5. The molecule has 1 rings (SSSR count). The van der Waals surface area contributed by atoms with Gasteiger partial charge in [-0.25, -0.2) is 4.79 Å². The Bertz CT molecular complexity index is 568. The van der Waals surface area contributed by atoms with E-state index in [2.05, 4.69) is 0 Å². The van der Waals surface area contributed by atoms with Gasteiger partial charge in [-0.3, -0.25) is 9.59 Å². The van der Waals surface area contributed by atoms with Crippen molar-refractivity contribution in [1.29, 1.82) is 0 Å². The van der Waals surface area contributed by atoms with Gasteiger partial charge >= 0.3 is 18.1 Å². The summed E-state index contributed by atoms with van der Waals surface area (Å²) in [7, 11) is 0. The van der Waals surface area contributed by atoms with Crippen molar-refractivity contribution < 1.29 is 37.8 Å².